The van der Waals surface area contributed by atoms with Gasteiger partial charge < -0.3 is 28.9 Å². The molecule has 3 N–H and O–H groups in total. The number of esters is 2. The summed E-state index contributed by atoms with van der Waals surface area (Å²) in [5, 5.41) is 0. The van der Waals surface area contributed by atoms with Gasteiger partial charge in [0.05, 0.1) is 13.2 Å². The average Bonchev–Trinajstić information content (AvgIpc) is 3.71. The minimum absolute atomic E-state index is 0.0444. The van der Waals surface area contributed by atoms with Gasteiger partial charge >= 0.3 is 19.8 Å². The molecule has 0 aliphatic heterocycles. The molecule has 0 amide bonds. The zero-order chi connectivity index (χ0) is 43.9. The van der Waals surface area contributed by atoms with Crippen LogP contribution in [0, 0.1) is 20.8 Å². The van der Waals surface area contributed by atoms with Gasteiger partial charge in [0, 0.05) is 45.1 Å². The number of nitrogens with two attached hydrogens (primary N) is 1. The van der Waals surface area contributed by atoms with Gasteiger partial charge in [0.2, 0.25) is 0 Å². The number of hydrogen-bond acceptors (Lipinski definition) is 10. The number of rotatable bonds is 39. The molecule has 346 valence electrons. The first-order valence-corrected chi connectivity index (χ1v) is 25.3. The van der Waals surface area contributed by atoms with E-state index in [2.05, 4.69) is 40.7 Å². The molecular weight excluding hydrogens is 781 g/mol. The summed E-state index contributed by atoms with van der Waals surface area (Å²) >= 11 is 0. The summed E-state index contributed by atoms with van der Waals surface area (Å²) in [6.45, 7) is 10.1. The van der Waals surface area contributed by atoms with Gasteiger partial charge in [0.25, 0.3) is 0 Å². The van der Waals surface area contributed by atoms with Crippen molar-refractivity contribution in [3.05, 3.63) is 45.8 Å². The topological polar surface area (TPSA) is 161 Å². The molecule has 1 unspecified atom stereocenters. The van der Waals surface area contributed by atoms with Crippen LogP contribution in [0.2, 0.25) is 0 Å². The Morgan fingerprint density at radius 1 is 0.617 bits per heavy atom. The first-order valence-electron chi connectivity index (χ1n) is 23.8. The normalized spacial score (nSPS) is 13.1. The molecule has 0 fully saturated rings. The number of aryl methyl sites for hydroxylation is 5. The molecule has 0 aliphatic carbocycles. The van der Waals surface area contributed by atoms with Gasteiger partial charge in [-0.15, -0.1) is 0 Å². The molecule has 0 aromatic carbocycles. The summed E-state index contributed by atoms with van der Waals surface area (Å²) in [5.74, 6) is 3.74. The molecule has 2 aromatic rings. The minimum atomic E-state index is -4.40. The molecule has 2 atom stereocenters. The monoisotopic (exact) mass is 866 g/mol. The number of carbonyl (C=O) groups is 2. The molecule has 12 heteroatoms. The number of ether oxygens (including phenoxy) is 2. The van der Waals surface area contributed by atoms with Crippen molar-refractivity contribution < 1.29 is 46.4 Å². The van der Waals surface area contributed by atoms with E-state index in [1.54, 1.807) is 0 Å². The van der Waals surface area contributed by atoms with Gasteiger partial charge in [-0.05, 0) is 82.1 Å². The maximum Gasteiger partial charge on any atom is 0.472 e. The smallest absolute Gasteiger partial charge is 0.466 e. The minimum Gasteiger partial charge on any atom is -0.466 e. The molecule has 0 bridgehead atoms. The number of unbranched alkanes of at least 4 members (excludes halogenated alkanes) is 18. The summed E-state index contributed by atoms with van der Waals surface area (Å²) in [7, 11) is -4.40. The highest BCUT2D eigenvalue weighted by molar-refractivity contribution is 7.47. The lowest BCUT2D eigenvalue weighted by Gasteiger charge is -2.19. The molecule has 2 heterocycles. The Morgan fingerprint density at radius 2 is 1.12 bits per heavy atom. The van der Waals surface area contributed by atoms with Crippen molar-refractivity contribution >= 4 is 19.8 Å². The van der Waals surface area contributed by atoms with Crippen LogP contribution in [0.1, 0.15) is 208 Å². The fourth-order valence-corrected chi connectivity index (χ4v) is 8.29. The van der Waals surface area contributed by atoms with Crippen molar-refractivity contribution in [3.63, 3.8) is 0 Å². The summed E-state index contributed by atoms with van der Waals surface area (Å²) in [5.41, 5.74) is 9.29. The summed E-state index contributed by atoms with van der Waals surface area (Å²) < 4.78 is 45.2. The van der Waals surface area contributed by atoms with Gasteiger partial charge in [-0.1, -0.05) is 117 Å². The number of phosphoric acid groups is 1. The third-order valence-corrected chi connectivity index (χ3v) is 12.3. The van der Waals surface area contributed by atoms with Crippen molar-refractivity contribution in [2.24, 2.45) is 5.73 Å². The molecule has 2 aromatic heterocycles. The summed E-state index contributed by atoms with van der Waals surface area (Å²) in [6, 6.07) is 2.22. The molecule has 0 saturated carbocycles. The predicted octanol–water partition coefficient (Wildman–Crippen LogP) is 12.6. The Kier molecular flexibility index (Phi) is 29.7. The van der Waals surface area contributed by atoms with E-state index in [0.717, 1.165) is 94.3 Å². The Morgan fingerprint density at radius 3 is 1.67 bits per heavy atom. The average molecular weight is 866 g/mol. The Labute approximate surface area is 363 Å². The van der Waals surface area contributed by atoms with Crippen LogP contribution in [0.4, 0.5) is 0 Å². The zero-order valence-electron chi connectivity index (χ0n) is 38.4. The predicted molar refractivity (Wildman–Crippen MR) is 240 cm³/mol. The van der Waals surface area contributed by atoms with E-state index in [1.165, 1.54) is 99.5 Å². The van der Waals surface area contributed by atoms with Crippen LogP contribution < -0.4 is 5.73 Å². The number of phosphoric ester groups is 1. The standard InChI is InChI=1S/C48H84NO10P/c1-6-8-23-29-42-36-39(3)44(57-42)30-24-19-15-11-9-10-12-18-22-27-33-48(51)58-43(38-56-60(52,53)55-35-34-49)37-54-47(50)32-26-21-17-14-13-16-20-25-31-46-41(5)40(4)45(59-46)28-7-2/h36,43H,6-35,37-38,49H2,1-5H3,(H,52,53)/t43-/m1/s1. The molecule has 0 saturated heterocycles. The quantitative estimate of drug-likeness (QED) is 0.0374. The Bertz CT molecular complexity index is 1470. The molecule has 11 nitrogen and oxygen atoms in total. The molecule has 0 radical (unpaired) electrons. The van der Waals surface area contributed by atoms with E-state index < -0.39 is 32.5 Å². The van der Waals surface area contributed by atoms with Crippen molar-refractivity contribution in [2.45, 2.75) is 221 Å². The maximum atomic E-state index is 12.7. The highest BCUT2D eigenvalue weighted by Gasteiger charge is 2.26. The Hall–Kier alpha value is -2.43. The van der Waals surface area contributed by atoms with Gasteiger partial charge in [-0.25, -0.2) is 4.57 Å². The second kappa shape index (κ2) is 33.2. The molecule has 0 aliphatic rings. The summed E-state index contributed by atoms with van der Waals surface area (Å²) in [6.07, 6.45) is 27.9. The van der Waals surface area contributed by atoms with E-state index in [0.29, 0.717) is 12.8 Å². The van der Waals surface area contributed by atoms with Crippen molar-refractivity contribution in [3.8, 4) is 0 Å². The van der Waals surface area contributed by atoms with Crippen molar-refractivity contribution in [1.82, 2.24) is 0 Å². The number of hydrogen-bond donors (Lipinski definition) is 2. The van der Waals surface area contributed by atoms with E-state index in [9.17, 15) is 19.0 Å². The van der Waals surface area contributed by atoms with Crippen LogP contribution in [0.5, 0.6) is 0 Å². The number of furan rings is 2. The first kappa shape index (κ1) is 53.7. The van der Waals surface area contributed by atoms with Crippen LogP contribution in [-0.2, 0) is 58.4 Å². The van der Waals surface area contributed by atoms with E-state index >= 15 is 0 Å². The largest absolute Gasteiger partial charge is 0.472 e. The second-order valence-corrected chi connectivity index (χ2v) is 18.2. The highest BCUT2D eigenvalue weighted by atomic mass is 31.2. The third kappa shape index (κ3) is 24.9. The SMILES string of the molecule is CCCCCc1cc(C)c(CCCCCCCCCCCCC(=O)O[C@H](COC(=O)CCCCCCCCCCc2oc(CCC)c(C)c2C)COP(=O)(O)OCCN)o1. The first-order chi connectivity index (χ1) is 29.0. The van der Waals surface area contributed by atoms with Crippen LogP contribution >= 0.6 is 7.82 Å². The lowest BCUT2D eigenvalue weighted by atomic mass is 10.0. The van der Waals surface area contributed by atoms with E-state index in [1.807, 2.05) is 0 Å². The molecule has 0 spiro atoms. The van der Waals surface area contributed by atoms with Gasteiger partial charge in [-0.3, -0.25) is 18.6 Å². The van der Waals surface area contributed by atoms with Crippen LogP contribution in [-0.4, -0.2) is 49.3 Å². The third-order valence-electron chi connectivity index (χ3n) is 11.3. The van der Waals surface area contributed by atoms with Gasteiger partial charge in [0.15, 0.2) is 6.10 Å². The van der Waals surface area contributed by atoms with Gasteiger partial charge in [0.1, 0.15) is 29.6 Å². The lowest BCUT2D eigenvalue weighted by Crippen LogP contribution is -2.29. The van der Waals surface area contributed by atoms with Crippen molar-refractivity contribution in [2.75, 3.05) is 26.4 Å². The fraction of sp³-hybridized carbons (Fsp3) is 0.792. The zero-order valence-corrected chi connectivity index (χ0v) is 39.3. The van der Waals surface area contributed by atoms with Gasteiger partial charge in [-0.2, -0.15) is 0 Å². The summed E-state index contributed by atoms with van der Waals surface area (Å²) in [4.78, 5) is 35.1. The van der Waals surface area contributed by atoms with E-state index in [4.69, 9.17) is 33.1 Å². The fourth-order valence-electron chi connectivity index (χ4n) is 7.52. The van der Waals surface area contributed by atoms with Crippen LogP contribution in [0.3, 0.4) is 0 Å². The molecule has 2 rings (SSSR count). The molecule has 60 heavy (non-hydrogen) atoms. The van der Waals surface area contributed by atoms with E-state index in [-0.39, 0.29) is 32.6 Å². The lowest BCUT2D eigenvalue weighted by molar-refractivity contribution is -0.161. The van der Waals surface area contributed by atoms with Crippen LogP contribution in [0.25, 0.3) is 0 Å². The highest BCUT2D eigenvalue weighted by Crippen LogP contribution is 2.43. The van der Waals surface area contributed by atoms with Crippen LogP contribution in [0.15, 0.2) is 14.9 Å². The molecular formula is C48H84NO10P. The second-order valence-electron chi connectivity index (χ2n) is 16.8. The van der Waals surface area contributed by atoms with Crippen molar-refractivity contribution in [1.29, 1.82) is 0 Å². The Balaban J connectivity index is 1.54. The maximum absolute atomic E-state index is 12.7. The number of carbonyl (C=O) groups excluding carboxylic acids is 2.